The number of carbonyl (C=O) groups is 2. The fourth-order valence-corrected chi connectivity index (χ4v) is 1.91. The summed E-state index contributed by atoms with van der Waals surface area (Å²) in [6, 6.07) is 3.08. The third-order valence-electron chi connectivity index (χ3n) is 3.09. The maximum atomic E-state index is 12.4. The average molecular weight is 327 g/mol. The minimum absolute atomic E-state index is 0.193. The van der Waals surface area contributed by atoms with Crippen LogP contribution in [0.1, 0.15) is 30.4 Å². The molecule has 0 heterocycles. The lowest BCUT2D eigenvalue weighted by Gasteiger charge is -2.14. The molecule has 1 amide bonds. The SMILES string of the molecule is C#CCCC[C@@H](NC(=O)Cc1ccc(C(F)(F)F)cc1)C(=O)O. The molecule has 1 aromatic carbocycles. The van der Waals surface area contributed by atoms with Gasteiger partial charge in [0.1, 0.15) is 6.04 Å². The highest BCUT2D eigenvalue weighted by Gasteiger charge is 2.30. The number of alkyl halides is 3. The van der Waals surface area contributed by atoms with Crippen molar-refractivity contribution in [1.29, 1.82) is 0 Å². The van der Waals surface area contributed by atoms with Gasteiger partial charge >= 0.3 is 12.1 Å². The smallest absolute Gasteiger partial charge is 0.416 e. The fraction of sp³-hybridized carbons (Fsp3) is 0.375. The van der Waals surface area contributed by atoms with Crippen LogP contribution >= 0.6 is 0 Å². The summed E-state index contributed by atoms with van der Waals surface area (Å²) in [6.45, 7) is 0. The molecule has 124 valence electrons. The molecule has 0 bridgehead atoms. The van der Waals surface area contributed by atoms with Crippen LogP contribution in [0, 0.1) is 12.3 Å². The molecule has 0 radical (unpaired) electrons. The molecular weight excluding hydrogens is 311 g/mol. The normalized spacial score (nSPS) is 12.3. The number of nitrogens with one attached hydrogen (secondary N) is 1. The lowest BCUT2D eigenvalue weighted by atomic mass is 10.1. The first-order valence-electron chi connectivity index (χ1n) is 6.86. The Labute approximate surface area is 131 Å². The van der Waals surface area contributed by atoms with Crippen LogP contribution in [0.3, 0.4) is 0 Å². The molecule has 4 nitrogen and oxygen atoms in total. The number of amides is 1. The van der Waals surface area contributed by atoms with Crippen molar-refractivity contribution in [3.8, 4) is 12.3 Å². The van der Waals surface area contributed by atoms with Gasteiger partial charge in [-0.25, -0.2) is 4.79 Å². The largest absolute Gasteiger partial charge is 0.480 e. The van der Waals surface area contributed by atoms with Gasteiger partial charge in [0.05, 0.1) is 12.0 Å². The predicted octanol–water partition coefficient (Wildman–Crippen LogP) is 2.62. The molecule has 0 unspecified atom stereocenters. The molecular formula is C16H16F3NO3. The Bertz CT molecular complexity index is 588. The van der Waals surface area contributed by atoms with Crippen molar-refractivity contribution in [1.82, 2.24) is 5.32 Å². The van der Waals surface area contributed by atoms with Gasteiger partial charge in [-0.2, -0.15) is 13.2 Å². The van der Waals surface area contributed by atoms with E-state index in [0.29, 0.717) is 18.4 Å². The minimum Gasteiger partial charge on any atom is -0.480 e. The van der Waals surface area contributed by atoms with Crippen LogP contribution < -0.4 is 5.32 Å². The van der Waals surface area contributed by atoms with Crippen molar-refractivity contribution in [2.45, 2.75) is 37.9 Å². The number of hydrogen-bond donors (Lipinski definition) is 2. The molecule has 0 saturated carbocycles. The average Bonchev–Trinajstić information content (AvgIpc) is 2.45. The molecule has 1 aromatic rings. The van der Waals surface area contributed by atoms with E-state index in [1.54, 1.807) is 0 Å². The monoisotopic (exact) mass is 327 g/mol. The van der Waals surface area contributed by atoms with E-state index in [2.05, 4.69) is 11.2 Å². The molecule has 1 atom stereocenters. The summed E-state index contributed by atoms with van der Waals surface area (Å²) in [6.07, 6.45) is 1.48. The summed E-state index contributed by atoms with van der Waals surface area (Å²) in [7, 11) is 0. The molecule has 7 heteroatoms. The van der Waals surface area contributed by atoms with Gasteiger partial charge in [0, 0.05) is 6.42 Å². The van der Waals surface area contributed by atoms with Crippen molar-refractivity contribution in [3.05, 3.63) is 35.4 Å². The van der Waals surface area contributed by atoms with Crippen LogP contribution in [-0.4, -0.2) is 23.0 Å². The van der Waals surface area contributed by atoms with Crippen molar-refractivity contribution >= 4 is 11.9 Å². The first-order valence-corrected chi connectivity index (χ1v) is 6.86. The fourth-order valence-electron chi connectivity index (χ4n) is 1.91. The van der Waals surface area contributed by atoms with Crippen LogP contribution in [-0.2, 0) is 22.2 Å². The van der Waals surface area contributed by atoms with Crippen LogP contribution in [0.15, 0.2) is 24.3 Å². The third kappa shape index (κ3) is 6.43. The number of hydrogen-bond acceptors (Lipinski definition) is 2. The Morgan fingerprint density at radius 1 is 1.26 bits per heavy atom. The second-order valence-corrected chi connectivity index (χ2v) is 4.93. The highest BCUT2D eigenvalue weighted by Crippen LogP contribution is 2.29. The number of carbonyl (C=O) groups excluding carboxylic acids is 1. The van der Waals surface area contributed by atoms with E-state index in [4.69, 9.17) is 11.5 Å². The Morgan fingerprint density at radius 3 is 2.35 bits per heavy atom. The second kappa shape index (κ2) is 8.22. The number of terminal acetylenes is 1. The van der Waals surface area contributed by atoms with Gasteiger partial charge < -0.3 is 10.4 Å². The number of benzene rings is 1. The van der Waals surface area contributed by atoms with E-state index in [-0.39, 0.29) is 12.8 Å². The maximum Gasteiger partial charge on any atom is 0.416 e. The van der Waals surface area contributed by atoms with Crippen LogP contribution in [0.2, 0.25) is 0 Å². The minimum atomic E-state index is -4.44. The van der Waals surface area contributed by atoms with Crippen molar-refractivity contribution in [3.63, 3.8) is 0 Å². The maximum absolute atomic E-state index is 12.4. The Hall–Kier alpha value is -2.49. The summed E-state index contributed by atoms with van der Waals surface area (Å²) in [5.41, 5.74) is -0.442. The zero-order valence-electron chi connectivity index (χ0n) is 12.2. The first kappa shape index (κ1) is 18.6. The van der Waals surface area contributed by atoms with Crippen LogP contribution in [0.4, 0.5) is 13.2 Å². The van der Waals surface area contributed by atoms with Gasteiger partial charge in [-0.15, -0.1) is 12.3 Å². The number of unbranched alkanes of at least 4 members (excludes halogenated alkanes) is 1. The molecule has 0 aromatic heterocycles. The van der Waals surface area contributed by atoms with Gasteiger partial charge in [0.15, 0.2) is 0 Å². The molecule has 0 aliphatic carbocycles. The lowest BCUT2D eigenvalue weighted by Crippen LogP contribution is -2.41. The Balaban J connectivity index is 2.61. The van der Waals surface area contributed by atoms with Crippen molar-refractivity contribution in [2.24, 2.45) is 0 Å². The van der Waals surface area contributed by atoms with E-state index < -0.39 is 29.7 Å². The number of halogens is 3. The highest BCUT2D eigenvalue weighted by atomic mass is 19.4. The summed E-state index contributed by atoms with van der Waals surface area (Å²) in [5.74, 6) is 0.626. The summed E-state index contributed by atoms with van der Waals surface area (Å²) >= 11 is 0. The summed E-state index contributed by atoms with van der Waals surface area (Å²) in [5, 5.41) is 11.4. The molecule has 0 saturated heterocycles. The quantitative estimate of drug-likeness (QED) is 0.598. The highest BCUT2D eigenvalue weighted by molar-refractivity contribution is 5.84. The van der Waals surface area contributed by atoms with E-state index in [1.165, 1.54) is 12.1 Å². The second-order valence-electron chi connectivity index (χ2n) is 4.93. The number of carboxylic acid groups (broad SMARTS) is 1. The van der Waals surface area contributed by atoms with Gasteiger partial charge in [0.25, 0.3) is 0 Å². The topological polar surface area (TPSA) is 66.4 Å². The zero-order valence-corrected chi connectivity index (χ0v) is 12.2. The van der Waals surface area contributed by atoms with Crippen molar-refractivity contribution < 1.29 is 27.9 Å². The van der Waals surface area contributed by atoms with E-state index in [1.807, 2.05) is 0 Å². The number of aliphatic carboxylic acids is 1. The molecule has 0 aliphatic heterocycles. The Morgan fingerprint density at radius 2 is 1.87 bits per heavy atom. The number of rotatable bonds is 7. The van der Waals surface area contributed by atoms with Crippen molar-refractivity contribution in [2.75, 3.05) is 0 Å². The molecule has 23 heavy (non-hydrogen) atoms. The summed E-state index contributed by atoms with van der Waals surface area (Å²) < 4.78 is 37.3. The van der Waals surface area contributed by atoms with Gasteiger partial charge in [-0.05, 0) is 30.5 Å². The molecule has 0 aliphatic rings. The first-order chi connectivity index (χ1) is 10.7. The third-order valence-corrected chi connectivity index (χ3v) is 3.09. The summed E-state index contributed by atoms with van der Waals surface area (Å²) in [4.78, 5) is 22.9. The van der Waals surface area contributed by atoms with E-state index in [0.717, 1.165) is 12.1 Å². The van der Waals surface area contributed by atoms with Gasteiger partial charge in [-0.3, -0.25) is 4.79 Å². The number of carboxylic acids is 1. The molecule has 0 spiro atoms. The van der Waals surface area contributed by atoms with Gasteiger partial charge in [0.2, 0.25) is 5.91 Å². The molecule has 1 rings (SSSR count). The molecule has 0 fully saturated rings. The Kier molecular flexibility index (Phi) is 6.64. The predicted molar refractivity (Wildman–Crippen MR) is 77.4 cm³/mol. The molecule has 2 N–H and O–H groups in total. The zero-order chi connectivity index (χ0) is 17.5. The standard InChI is InChI=1S/C16H16F3NO3/c1-2-3-4-5-13(15(22)23)20-14(21)10-11-6-8-12(9-7-11)16(17,18)19/h1,6-9,13H,3-5,10H2,(H,20,21)(H,22,23)/t13-/m1/s1. The van der Waals surface area contributed by atoms with Crippen LogP contribution in [0.5, 0.6) is 0 Å². The lowest BCUT2D eigenvalue weighted by molar-refractivity contribution is -0.142. The van der Waals surface area contributed by atoms with Crippen LogP contribution in [0.25, 0.3) is 0 Å². The van der Waals surface area contributed by atoms with E-state index in [9.17, 15) is 22.8 Å². The van der Waals surface area contributed by atoms with Gasteiger partial charge in [-0.1, -0.05) is 12.1 Å². The van der Waals surface area contributed by atoms with E-state index >= 15 is 0 Å².